The third-order valence-corrected chi connectivity index (χ3v) is 1.94. The average molecular weight is 175 g/mol. The van der Waals surface area contributed by atoms with Gasteiger partial charge in [0.1, 0.15) is 0 Å². The molecule has 0 aromatic heterocycles. The highest BCUT2D eigenvalue weighted by atomic mass is 14.7. The summed E-state index contributed by atoms with van der Waals surface area (Å²) in [6, 6.07) is 10.4. The Morgan fingerprint density at radius 1 is 1.23 bits per heavy atom. The zero-order chi connectivity index (χ0) is 9.68. The van der Waals surface area contributed by atoms with Gasteiger partial charge in [-0.05, 0) is 18.4 Å². The van der Waals surface area contributed by atoms with Crippen LogP contribution < -0.4 is 0 Å². The van der Waals surface area contributed by atoms with E-state index >= 15 is 0 Å². The number of benzene rings is 1. The van der Waals surface area contributed by atoms with E-state index in [1.807, 2.05) is 6.07 Å². The molecule has 0 N–H and O–H groups in total. The van der Waals surface area contributed by atoms with Crippen LogP contribution in [0.5, 0.6) is 0 Å². The third-order valence-electron chi connectivity index (χ3n) is 1.94. The van der Waals surface area contributed by atoms with E-state index in [2.05, 4.69) is 50.0 Å². The maximum Gasteiger partial charge on any atom is 0.0445 e. The van der Waals surface area contributed by atoms with Crippen LogP contribution in [0.4, 0.5) is 0 Å². The lowest BCUT2D eigenvalue weighted by molar-refractivity contribution is 0.873. The Morgan fingerprint density at radius 3 is 2.31 bits per heavy atom. The monoisotopic (exact) mass is 175 g/mol. The van der Waals surface area contributed by atoms with Crippen LogP contribution in [0.3, 0.4) is 0 Å². The summed E-state index contributed by atoms with van der Waals surface area (Å²) in [4.78, 5) is 4.51. The highest BCUT2D eigenvalue weighted by Crippen LogP contribution is 2.09. The van der Waals surface area contributed by atoms with Gasteiger partial charge in [0.2, 0.25) is 0 Å². The lowest BCUT2D eigenvalue weighted by Gasteiger charge is -2.09. The summed E-state index contributed by atoms with van der Waals surface area (Å²) in [5.74, 6) is 0.502. The maximum atomic E-state index is 4.51. The summed E-state index contributed by atoms with van der Waals surface area (Å²) in [6.45, 7) is 7.30. The van der Waals surface area contributed by atoms with E-state index in [9.17, 15) is 0 Å². The number of rotatable bonds is 3. The van der Waals surface area contributed by atoms with Crippen LogP contribution in [-0.4, -0.2) is 12.3 Å². The second kappa shape index (κ2) is 4.80. The van der Waals surface area contributed by atoms with Crippen molar-refractivity contribution in [1.29, 1.82) is 0 Å². The number of hydrogen-bond donors (Lipinski definition) is 0. The van der Waals surface area contributed by atoms with Crippen molar-refractivity contribution in [2.45, 2.75) is 20.8 Å². The van der Waals surface area contributed by atoms with Crippen molar-refractivity contribution in [2.75, 3.05) is 6.54 Å². The molecule has 1 nitrogen and oxygen atoms in total. The first kappa shape index (κ1) is 9.97. The molecule has 0 atom stereocenters. The van der Waals surface area contributed by atoms with Gasteiger partial charge in [0.25, 0.3) is 0 Å². The van der Waals surface area contributed by atoms with E-state index < -0.39 is 0 Å². The predicted molar refractivity (Wildman–Crippen MR) is 58.4 cm³/mol. The fourth-order valence-electron chi connectivity index (χ4n) is 1.39. The Labute approximate surface area is 80.5 Å². The molecule has 0 unspecified atom stereocenters. The lowest BCUT2D eigenvalue weighted by atomic mass is 10.00. The minimum atomic E-state index is 0.502. The molecule has 1 rings (SSSR count). The van der Waals surface area contributed by atoms with E-state index in [-0.39, 0.29) is 0 Å². The average Bonchev–Trinajstić information content (AvgIpc) is 2.15. The lowest BCUT2D eigenvalue weighted by Crippen LogP contribution is -2.09. The second-order valence-corrected chi connectivity index (χ2v) is 3.38. The molecule has 1 heteroatoms. The summed E-state index contributed by atoms with van der Waals surface area (Å²) < 4.78 is 0. The van der Waals surface area contributed by atoms with Crippen LogP contribution in [0.15, 0.2) is 35.3 Å². The van der Waals surface area contributed by atoms with Gasteiger partial charge in [0.15, 0.2) is 0 Å². The minimum Gasteiger partial charge on any atom is -0.289 e. The van der Waals surface area contributed by atoms with Gasteiger partial charge in [-0.2, -0.15) is 0 Å². The molecule has 13 heavy (non-hydrogen) atoms. The number of nitrogens with zero attached hydrogens (tertiary/aromatic N) is 1. The van der Waals surface area contributed by atoms with Crippen LogP contribution in [0.25, 0.3) is 0 Å². The molecule has 0 aliphatic heterocycles. The first-order chi connectivity index (χ1) is 6.25. The van der Waals surface area contributed by atoms with E-state index in [1.165, 1.54) is 11.3 Å². The minimum absolute atomic E-state index is 0.502. The zero-order valence-corrected chi connectivity index (χ0v) is 8.62. The molecular formula is C12H17N. The summed E-state index contributed by atoms with van der Waals surface area (Å²) >= 11 is 0. The second-order valence-electron chi connectivity index (χ2n) is 3.38. The fraction of sp³-hybridized carbons (Fsp3) is 0.417. The molecule has 1 aromatic rings. The van der Waals surface area contributed by atoms with Crippen molar-refractivity contribution in [3.63, 3.8) is 0 Å². The molecule has 0 spiro atoms. The fourth-order valence-corrected chi connectivity index (χ4v) is 1.39. The Balaban J connectivity index is 2.96. The third kappa shape index (κ3) is 2.69. The Morgan fingerprint density at radius 2 is 1.85 bits per heavy atom. The Hall–Kier alpha value is -1.11. The summed E-state index contributed by atoms with van der Waals surface area (Å²) in [7, 11) is 0. The quantitative estimate of drug-likeness (QED) is 0.626. The first-order valence-electron chi connectivity index (χ1n) is 4.85. The topological polar surface area (TPSA) is 12.4 Å². The van der Waals surface area contributed by atoms with Gasteiger partial charge in [-0.25, -0.2) is 0 Å². The molecule has 0 saturated carbocycles. The first-order valence-corrected chi connectivity index (χ1v) is 4.85. The molecule has 1 aromatic carbocycles. The van der Waals surface area contributed by atoms with Crippen molar-refractivity contribution < 1.29 is 0 Å². The van der Waals surface area contributed by atoms with Crippen LogP contribution in [0.1, 0.15) is 26.3 Å². The molecule has 0 saturated heterocycles. The van der Waals surface area contributed by atoms with Crippen LogP contribution in [0, 0.1) is 5.92 Å². The van der Waals surface area contributed by atoms with Crippen LogP contribution in [-0.2, 0) is 0 Å². The molecule has 70 valence electrons. The summed E-state index contributed by atoms with van der Waals surface area (Å²) in [5.41, 5.74) is 2.46. The van der Waals surface area contributed by atoms with Crippen molar-refractivity contribution in [3.05, 3.63) is 35.9 Å². The standard InChI is InChI=1S/C12H17N/c1-4-13-12(10(2)3)11-8-6-5-7-9-11/h5-10H,4H2,1-3H3. The van der Waals surface area contributed by atoms with Gasteiger partial charge in [-0.15, -0.1) is 0 Å². The summed E-state index contributed by atoms with van der Waals surface area (Å²) in [5, 5.41) is 0. The SMILES string of the molecule is CCN=C(c1ccccc1)C(C)C. The predicted octanol–water partition coefficient (Wildman–Crippen LogP) is 3.15. The summed E-state index contributed by atoms with van der Waals surface area (Å²) in [6.07, 6.45) is 0. The molecule has 0 heterocycles. The highest BCUT2D eigenvalue weighted by Gasteiger charge is 2.06. The normalized spacial score (nSPS) is 12.2. The number of aliphatic imine (C=N–C) groups is 1. The van der Waals surface area contributed by atoms with E-state index in [4.69, 9.17) is 0 Å². The van der Waals surface area contributed by atoms with Gasteiger partial charge < -0.3 is 0 Å². The molecular weight excluding hydrogens is 158 g/mol. The van der Waals surface area contributed by atoms with E-state index in [0.29, 0.717) is 5.92 Å². The largest absolute Gasteiger partial charge is 0.289 e. The zero-order valence-electron chi connectivity index (χ0n) is 8.62. The van der Waals surface area contributed by atoms with E-state index in [0.717, 1.165) is 6.54 Å². The van der Waals surface area contributed by atoms with Crippen molar-refractivity contribution in [3.8, 4) is 0 Å². The van der Waals surface area contributed by atoms with Crippen LogP contribution >= 0.6 is 0 Å². The van der Waals surface area contributed by atoms with E-state index in [1.54, 1.807) is 0 Å². The smallest absolute Gasteiger partial charge is 0.0445 e. The molecule has 0 aliphatic rings. The molecule has 0 aliphatic carbocycles. The molecule has 0 bridgehead atoms. The van der Waals surface area contributed by atoms with Gasteiger partial charge in [0.05, 0.1) is 0 Å². The van der Waals surface area contributed by atoms with Gasteiger partial charge in [-0.3, -0.25) is 4.99 Å². The molecule has 0 amide bonds. The van der Waals surface area contributed by atoms with Crippen molar-refractivity contribution in [2.24, 2.45) is 10.9 Å². The van der Waals surface area contributed by atoms with Crippen LogP contribution in [0.2, 0.25) is 0 Å². The number of hydrogen-bond acceptors (Lipinski definition) is 1. The van der Waals surface area contributed by atoms with Crippen molar-refractivity contribution >= 4 is 5.71 Å². The molecule has 0 radical (unpaired) electrons. The maximum absolute atomic E-state index is 4.51. The highest BCUT2D eigenvalue weighted by molar-refractivity contribution is 6.01. The Bertz CT molecular complexity index is 272. The Kier molecular flexibility index (Phi) is 3.69. The van der Waals surface area contributed by atoms with Gasteiger partial charge >= 0.3 is 0 Å². The van der Waals surface area contributed by atoms with Gasteiger partial charge in [0, 0.05) is 12.3 Å². The van der Waals surface area contributed by atoms with Gasteiger partial charge in [-0.1, -0.05) is 44.2 Å². The van der Waals surface area contributed by atoms with Crippen molar-refractivity contribution in [1.82, 2.24) is 0 Å². The molecule has 0 fully saturated rings.